The molecule has 2 bridgehead atoms. The van der Waals surface area contributed by atoms with E-state index in [1.165, 1.54) is 19.3 Å². The molecule has 2 atom stereocenters. The van der Waals surface area contributed by atoms with Crippen molar-refractivity contribution in [2.75, 3.05) is 0 Å². The number of fused-ring (bicyclic) bond motifs is 3. The Hall–Kier alpha value is -2.27. The summed E-state index contributed by atoms with van der Waals surface area (Å²) >= 11 is 6.72. The lowest BCUT2D eigenvalue weighted by atomic mass is 9.86. The maximum atomic E-state index is 13.4. The molecule has 1 saturated carbocycles. The van der Waals surface area contributed by atoms with E-state index in [2.05, 4.69) is 6.92 Å². The highest BCUT2D eigenvalue weighted by Gasteiger charge is 2.45. The number of carbonyl (C=O) groups excluding carboxylic acids is 1. The van der Waals surface area contributed by atoms with Gasteiger partial charge in [-0.2, -0.15) is 0 Å². The van der Waals surface area contributed by atoms with Crippen LogP contribution in [0, 0.1) is 11.8 Å². The van der Waals surface area contributed by atoms with Gasteiger partial charge >= 0.3 is 5.97 Å². The maximum Gasteiger partial charge on any atom is 0.306 e. The van der Waals surface area contributed by atoms with Crippen molar-refractivity contribution < 1.29 is 19.4 Å². The number of carbonyl (C=O) groups is 2. The third-order valence-corrected chi connectivity index (χ3v) is 8.54. The number of carboxylic acids is 1. The van der Waals surface area contributed by atoms with E-state index >= 15 is 0 Å². The number of amides is 1. The van der Waals surface area contributed by atoms with Gasteiger partial charge in [0.2, 0.25) is 0 Å². The Bertz CT molecular complexity index is 1050. The fraction of sp³-hybridized carbons (Fsp3) is 0.556. The van der Waals surface area contributed by atoms with E-state index in [9.17, 15) is 14.7 Å². The van der Waals surface area contributed by atoms with E-state index in [1.54, 1.807) is 0 Å². The number of nitrogens with zero attached hydrogens (tertiary/aromatic N) is 1. The molecule has 1 N–H and O–H groups in total. The first-order valence-corrected chi connectivity index (χ1v) is 12.8. The predicted octanol–water partition coefficient (Wildman–Crippen LogP) is 6.31. The molecule has 6 heteroatoms. The van der Waals surface area contributed by atoms with Crippen LogP contribution in [0.15, 0.2) is 30.3 Å². The van der Waals surface area contributed by atoms with Crippen molar-refractivity contribution in [3.05, 3.63) is 40.9 Å². The molecule has 2 unspecified atom stereocenters. The predicted molar refractivity (Wildman–Crippen MR) is 129 cm³/mol. The third-order valence-electron chi connectivity index (χ3n) is 8.15. The smallest absolute Gasteiger partial charge is 0.306 e. The molecule has 1 amide bonds. The summed E-state index contributed by atoms with van der Waals surface area (Å²) in [5.41, 5.74) is 0.635. The number of rotatable bonds is 5. The van der Waals surface area contributed by atoms with Crippen LogP contribution in [-0.2, 0) is 4.79 Å². The standard InChI is InChI=1S/C27H32ClNO4/c1-2-16-3-9-22(10-4-16)33-24-12-6-17-13-18(5-11-23(17)25(24)28)26(30)29-20-7-8-21(29)15-19(14-20)27(31)32/h5-6,11-13,16,19-22H,2-4,7-10,14-15H2,1H3,(H,31,32). The lowest BCUT2D eigenvalue weighted by molar-refractivity contribution is -0.144. The Balaban J connectivity index is 1.33. The van der Waals surface area contributed by atoms with Gasteiger partial charge in [0.1, 0.15) is 5.75 Å². The van der Waals surface area contributed by atoms with Gasteiger partial charge in [0.15, 0.2) is 0 Å². The number of hydrogen-bond donors (Lipinski definition) is 1. The van der Waals surface area contributed by atoms with Crippen molar-refractivity contribution in [1.29, 1.82) is 0 Å². The number of ether oxygens (including phenoxy) is 1. The molecule has 2 aromatic rings. The van der Waals surface area contributed by atoms with Gasteiger partial charge in [-0.15, -0.1) is 0 Å². The fourth-order valence-corrected chi connectivity index (χ4v) is 6.47. The Labute approximate surface area is 200 Å². The summed E-state index contributed by atoms with van der Waals surface area (Å²) in [4.78, 5) is 26.8. The topological polar surface area (TPSA) is 66.8 Å². The highest BCUT2D eigenvalue weighted by molar-refractivity contribution is 6.37. The molecule has 5 nitrogen and oxygen atoms in total. The van der Waals surface area contributed by atoms with Gasteiger partial charge in [-0.25, -0.2) is 0 Å². The molecular formula is C27H32ClNO4. The molecule has 3 aliphatic rings. The number of piperidine rings is 1. The summed E-state index contributed by atoms with van der Waals surface area (Å²) in [7, 11) is 0. The second-order valence-corrected chi connectivity index (χ2v) is 10.5. The first-order chi connectivity index (χ1) is 15.9. The average Bonchev–Trinajstić information content (AvgIpc) is 3.09. The quantitative estimate of drug-likeness (QED) is 0.557. The molecule has 2 heterocycles. The number of halogens is 1. The maximum absolute atomic E-state index is 13.4. The van der Waals surface area contributed by atoms with Crippen molar-refractivity contribution in [2.24, 2.45) is 11.8 Å². The van der Waals surface area contributed by atoms with Crippen LogP contribution in [-0.4, -0.2) is 40.1 Å². The first kappa shape index (κ1) is 22.5. The molecule has 3 fully saturated rings. The molecule has 5 rings (SSSR count). The number of hydrogen-bond acceptors (Lipinski definition) is 3. The molecule has 1 aliphatic carbocycles. The second kappa shape index (κ2) is 9.17. The van der Waals surface area contributed by atoms with Gasteiger partial charge in [0, 0.05) is 23.0 Å². The van der Waals surface area contributed by atoms with Crippen LogP contribution in [0.5, 0.6) is 5.75 Å². The summed E-state index contributed by atoms with van der Waals surface area (Å²) in [6.45, 7) is 2.26. The molecule has 2 saturated heterocycles. The van der Waals surface area contributed by atoms with Gasteiger partial charge in [-0.05, 0) is 80.9 Å². The zero-order valence-corrected chi connectivity index (χ0v) is 19.9. The van der Waals surface area contributed by atoms with Crippen molar-refractivity contribution in [3.63, 3.8) is 0 Å². The summed E-state index contributed by atoms with van der Waals surface area (Å²) < 4.78 is 6.27. The number of carboxylic acid groups (broad SMARTS) is 1. The van der Waals surface area contributed by atoms with Gasteiger partial charge in [0.25, 0.3) is 5.91 Å². The van der Waals surface area contributed by atoms with Crippen LogP contribution in [0.4, 0.5) is 0 Å². The SMILES string of the molecule is CCC1CCC(Oc2ccc3cc(C(=O)N4C5CCC4CC(C(=O)O)C5)ccc3c2Cl)CC1. The van der Waals surface area contributed by atoms with Crippen molar-refractivity contribution >= 4 is 34.2 Å². The van der Waals surface area contributed by atoms with Crippen LogP contribution >= 0.6 is 11.6 Å². The zero-order chi connectivity index (χ0) is 23.1. The van der Waals surface area contributed by atoms with Crippen molar-refractivity contribution in [1.82, 2.24) is 4.90 Å². The highest BCUT2D eigenvalue weighted by Crippen LogP contribution is 2.41. The summed E-state index contributed by atoms with van der Waals surface area (Å²) in [6, 6.07) is 9.61. The Kier molecular flexibility index (Phi) is 6.26. The second-order valence-electron chi connectivity index (χ2n) is 10.1. The monoisotopic (exact) mass is 469 g/mol. The molecule has 2 aliphatic heterocycles. The molecule has 0 spiro atoms. The van der Waals surface area contributed by atoms with E-state index in [4.69, 9.17) is 16.3 Å². The lowest BCUT2D eigenvalue weighted by Gasteiger charge is -2.37. The minimum Gasteiger partial charge on any atom is -0.489 e. The minimum atomic E-state index is -0.740. The average molecular weight is 470 g/mol. The van der Waals surface area contributed by atoms with Crippen LogP contribution in [0.2, 0.25) is 5.02 Å². The summed E-state index contributed by atoms with van der Waals surface area (Å²) in [6.07, 6.45) is 8.91. The van der Waals surface area contributed by atoms with Crippen molar-refractivity contribution in [3.8, 4) is 5.75 Å². The largest absolute Gasteiger partial charge is 0.489 e. The van der Waals surface area contributed by atoms with Crippen LogP contribution < -0.4 is 4.74 Å². The van der Waals surface area contributed by atoms with Crippen LogP contribution in [0.25, 0.3) is 10.8 Å². The third kappa shape index (κ3) is 4.32. The molecule has 2 aromatic carbocycles. The minimum absolute atomic E-state index is 0.00243. The van der Waals surface area contributed by atoms with Gasteiger partial charge < -0.3 is 14.7 Å². The number of aliphatic carboxylic acids is 1. The van der Waals surface area contributed by atoms with Gasteiger partial charge in [0.05, 0.1) is 17.0 Å². The van der Waals surface area contributed by atoms with Crippen LogP contribution in [0.3, 0.4) is 0 Å². The van der Waals surface area contributed by atoms with E-state index < -0.39 is 5.97 Å². The summed E-state index contributed by atoms with van der Waals surface area (Å²) in [5, 5.41) is 11.8. The summed E-state index contributed by atoms with van der Waals surface area (Å²) in [5.74, 6) is 0.459. The van der Waals surface area contributed by atoms with Crippen molar-refractivity contribution in [2.45, 2.75) is 82.9 Å². The van der Waals surface area contributed by atoms with E-state index in [0.29, 0.717) is 23.4 Å². The fourth-order valence-electron chi connectivity index (χ4n) is 6.19. The first-order valence-electron chi connectivity index (χ1n) is 12.4. The zero-order valence-electron chi connectivity index (χ0n) is 19.1. The van der Waals surface area contributed by atoms with E-state index in [0.717, 1.165) is 48.1 Å². The van der Waals surface area contributed by atoms with Gasteiger partial charge in [-0.1, -0.05) is 37.1 Å². The molecule has 33 heavy (non-hydrogen) atoms. The molecule has 176 valence electrons. The molecular weight excluding hydrogens is 438 g/mol. The lowest BCUT2D eigenvalue weighted by Crippen LogP contribution is -2.47. The van der Waals surface area contributed by atoms with Crippen LogP contribution in [0.1, 0.15) is 75.1 Å². The molecule has 0 aromatic heterocycles. The normalized spacial score (nSPS) is 29.3. The Morgan fingerprint density at radius 2 is 1.73 bits per heavy atom. The van der Waals surface area contributed by atoms with E-state index in [-0.39, 0.29) is 30.0 Å². The number of benzene rings is 2. The highest BCUT2D eigenvalue weighted by atomic mass is 35.5. The van der Waals surface area contributed by atoms with Gasteiger partial charge in [-0.3, -0.25) is 9.59 Å². The Morgan fingerprint density at radius 3 is 2.36 bits per heavy atom. The van der Waals surface area contributed by atoms with E-state index in [1.807, 2.05) is 35.2 Å². The molecule has 0 radical (unpaired) electrons. The Morgan fingerprint density at radius 1 is 1.03 bits per heavy atom.